The van der Waals surface area contributed by atoms with Crippen LogP contribution in [-0.4, -0.2) is 39.4 Å². The molecule has 1 N–H and O–H groups in total. The number of carbonyl (C=O) groups is 2. The monoisotopic (exact) mass is 536 g/mol. The molecule has 5 rings (SSSR count). The highest BCUT2D eigenvalue weighted by atomic mass is 35.5. The number of carbonyl (C=O) groups excluding carboxylic acids is 2. The number of aromatic nitrogens is 2. The average molecular weight is 537 g/mol. The number of rotatable bonds is 8. The fraction of sp³-hybridized carbons (Fsp3) is 0.179. The second kappa shape index (κ2) is 10.7. The number of nitrogens with zero attached hydrogens (tertiary/aromatic N) is 3. The SMILES string of the molecule is O=C(CN(CC1CC1)C(=O)c1ccc(Cl)cc1Cl)Nc1nc(-c2ccccc2)cn1-c1ccc(F)cc1. The van der Waals surface area contributed by atoms with Gasteiger partial charge in [0.1, 0.15) is 12.4 Å². The van der Waals surface area contributed by atoms with Crippen LogP contribution >= 0.6 is 23.2 Å². The number of hydrogen-bond acceptors (Lipinski definition) is 3. The molecule has 9 heteroatoms. The van der Waals surface area contributed by atoms with Crippen LogP contribution in [0.1, 0.15) is 23.2 Å². The Kier molecular flexibility index (Phi) is 7.26. The zero-order valence-electron chi connectivity index (χ0n) is 19.7. The third-order valence-electron chi connectivity index (χ3n) is 6.09. The zero-order valence-corrected chi connectivity index (χ0v) is 21.2. The minimum absolute atomic E-state index is 0.175. The van der Waals surface area contributed by atoms with Gasteiger partial charge < -0.3 is 4.90 Å². The van der Waals surface area contributed by atoms with Crippen molar-refractivity contribution in [3.8, 4) is 16.9 Å². The van der Waals surface area contributed by atoms with Gasteiger partial charge in [-0.2, -0.15) is 0 Å². The Bertz CT molecular complexity index is 1440. The van der Waals surface area contributed by atoms with Crippen molar-refractivity contribution < 1.29 is 14.0 Å². The summed E-state index contributed by atoms with van der Waals surface area (Å²) in [5.41, 5.74) is 2.42. The lowest BCUT2D eigenvalue weighted by Crippen LogP contribution is -2.39. The molecule has 1 saturated carbocycles. The molecule has 1 heterocycles. The highest BCUT2D eigenvalue weighted by molar-refractivity contribution is 6.36. The summed E-state index contributed by atoms with van der Waals surface area (Å²) in [7, 11) is 0. The zero-order chi connectivity index (χ0) is 25.9. The van der Waals surface area contributed by atoms with E-state index in [1.54, 1.807) is 35.0 Å². The van der Waals surface area contributed by atoms with Gasteiger partial charge in [-0.3, -0.25) is 19.5 Å². The van der Waals surface area contributed by atoms with Crippen LogP contribution in [0.15, 0.2) is 79.0 Å². The molecular formula is C28H23Cl2FN4O2. The van der Waals surface area contributed by atoms with Crippen molar-refractivity contribution in [2.24, 2.45) is 5.92 Å². The topological polar surface area (TPSA) is 67.2 Å². The molecule has 3 aromatic carbocycles. The van der Waals surface area contributed by atoms with Gasteiger partial charge >= 0.3 is 0 Å². The first-order chi connectivity index (χ1) is 17.9. The molecule has 1 aromatic heterocycles. The summed E-state index contributed by atoms with van der Waals surface area (Å²) < 4.78 is 15.2. The Morgan fingerprint density at radius 1 is 1.03 bits per heavy atom. The van der Waals surface area contributed by atoms with Crippen LogP contribution in [0.2, 0.25) is 10.0 Å². The number of hydrogen-bond donors (Lipinski definition) is 1. The first-order valence-corrected chi connectivity index (χ1v) is 12.6. The summed E-state index contributed by atoms with van der Waals surface area (Å²) in [6.07, 6.45) is 3.79. The molecule has 1 aliphatic carbocycles. The van der Waals surface area contributed by atoms with Crippen LogP contribution < -0.4 is 5.32 Å². The number of imidazole rings is 1. The van der Waals surface area contributed by atoms with E-state index >= 15 is 0 Å². The maximum absolute atomic E-state index is 13.6. The van der Waals surface area contributed by atoms with Gasteiger partial charge in [0.15, 0.2) is 0 Å². The molecule has 0 radical (unpaired) electrons. The summed E-state index contributed by atoms with van der Waals surface area (Å²) in [6.45, 7) is 0.276. The molecular weight excluding hydrogens is 514 g/mol. The molecule has 0 spiro atoms. The lowest BCUT2D eigenvalue weighted by molar-refractivity contribution is -0.117. The second-order valence-electron chi connectivity index (χ2n) is 8.96. The van der Waals surface area contributed by atoms with E-state index in [1.165, 1.54) is 23.1 Å². The van der Waals surface area contributed by atoms with Crippen molar-refractivity contribution in [1.82, 2.24) is 14.5 Å². The van der Waals surface area contributed by atoms with E-state index in [0.29, 0.717) is 34.4 Å². The fourth-order valence-corrected chi connectivity index (χ4v) is 4.51. The Balaban J connectivity index is 1.41. The number of anilines is 1. The quantitative estimate of drug-likeness (QED) is 0.280. The van der Waals surface area contributed by atoms with Crippen LogP contribution in [-0.2, 0) is 4.79 Å². The number of nitrogens with one attached hydrogen (secondary N) is 1. The van der Waals surface area contributed by atoms with E-state index in [4.69, 9.17) is 23.2 Å². The number of benzene rings is 3. The van der Waals surface area contributed by atoms with Crippen molar-refractivity contribution in [1.29, 1.82) is 0 Å². The summed E-state index contributed by atoms with van der Waals surface area (Å²) in [4.78, 5) is 32.6. The Morgan fingerprint density at radius 3 is 2.43 bits per heavy atom. The molecule has 2 amide bonds. The minimum Gasteiger partial charge on any atom is -0.329 e. The molecule has 0 unspecified atom stereocenters. The summed E-state index contributed by atoms with van der Waals surface area (Å²) in [6, 6.07) is 20.1. The molecule has 0 aliphatic heterocycles. The van der Waals surface area contributed by atoms with Gasteiger partial charge in [0, 0.05) is 29.0 Å². The lowest BCUT2D eigenvalue weighted by atomic mass is 10.2. The Morgan fingerprint density at radius 2 is 1.76 bits per heavy atom. The molecule has 0 saturated heterocycles. The average Bonchev–Trinajstić information content (AvgIpc) is 3.61. The Hall–Kier alpha value is -3.68. The largest absolute Gasteiger partial charge is 0.329 e. The smallest absolute Gasteiger partial charge is 0.255 e. The normalized spacial score (nSPS) is 12.8. The fourth-order valence-electron chi connectivity index (χ4n) is 4.02. The van der Waals surface area contributed by atoms with Crippen molar-refractivity contribution >= 4 is 41.0 Å². The molecule has 6 nitrogen and oxygen atoms in total. The van der Waals surface area contributed by atoms with Gasteiger partial charge in [0.25, 0.3) is 5.91 Å². The van der Waals surface area contributed by atoms with E-state index in [0.717, 1.165) is 18.4 Å². The third kappa shape index (κ3) is 6.01. The van der Waals surface area contributed by atoms with Crippen LogP contribution in [0.3, 0.4) is 0 Å². The first-order valence-electron chi connectivity index (χ1n) is 11.8. The van der Waals surface area contributed by atoms with Crippen molar-refractivity contribution in [2.75, 3.05) is 18.4 Å². The van der Waals surface area contributed by atoms with Crippen LogP contribution in [0, 0.1) is 11.7 Å². The predicted octanol–water partition coefficient (Wildman–Crippen LogP) is 6.48. The predicted molar refractivity (Wildman–Crippen MR) is 143 cm³/mol. The van der Waals surface area contributed by atoms with Crippen molar-refractivity contribution in [3.63, 3.8) is 0 Å². The standard InChI is InChI=1S/C28H23Cl2FN4O2/c29-20-8-13-23(24(30)14-20)27(37)34(15-18-6-7-18)17-26(36)33-28-32-25(19-4-2-1-3-5-19)16-35(28)22-11-9-21(31)10-12-22/h1-5,8-14,16,18H,6-7,15,17H2,(H,32,33,36). The molecule has 37 heavy (non-hydrogen) atoms. The van der Waals surface area contributed by atoms with E-state index in [1.807, 2.05) is 30.3 Å². The molecule has 188 valence electrons. The molecule has 1 aliphatic rings. The van der Waals surface area contributed by atoms with E-state index in [-0.39, 0.29) is 29.2 Å². The molecule has 0 atom stereocenters. The number of halogens is 3. The third-order valence-corrected chi connectivity index (χ3v) is 6.64. The molecule has 1 fully saturated rings. The highest BCUT2D eigenvalue weighted by Gasteiger charge is 2.29. The maximum atomic E-state index is 13.6. The Labute approximate surface area is 223 Å². The van der Waals surface area contributed by atoms with Crippen molar-refractivity contribution in [3.05, 3.63) is 100 Å². The van der Waals surface area contributed by atoms with Gasteiger partial charge in [0.05, 0.1) is 16.3 Å². The maximum Gasteiger partial charge on any atom is 0.255 e. The highest BCUT2D eigenvalue weighted by Crippen LogP contribution is 2.31. The molecule has 0 bridgehead atoms. The lowest BCUT2D eigenvalue weighted by Gasteiger charge is -2.23. The van der Waals surface area contributed by atoms with Crippen LogP contribution in [0.5, 0.6) is 0 Å². The van der Waals surface area contributed by atoms with Crippen molar-refractivity contribution in [2.45, 2.75) is 12.8 Å². The second-order valence-corrected chi connectivity index (χ2v) is 9.81. The van der Waals surface area contributed by atoms with E-state index < -0.39 is 5.91 Å². The van der Waals surface area contributed by atoms with Gasteiger partial charge in [-0.15, -0.1) is 0 Å². The summed E-state index contributed by atoms with van der Waals surface area (Å²) >= 11 is 12.3. The van der Waals surface area contributed by atoms with E-state index in [9.17, 15) is 14.0 Å². The summed E-state index contributed by atoms with van der Waals surface area (Å²) in [5, 5.41) is 3.50. The van der Waals surface area contributed by atoms with Crippen LogP contribution in [0.4, 0.5) is 10.3 Å². The minimum atomic E-state index is -0.410. The van der Waals surface area contributed by atoms with Gasteiger partial charge in [-0.05, 0) is 61.2 Å². The van der Waals surface area contributed by atoms with E-state index in [2.05, 4.69) is 10.3 Å². The van der Waals surface area contributed by atoms with Gasteiger partial charge in [-0.1, -0.05) is 53.5 Å². The first kappa shape index (κ1) is 25.0. The molecule has 4 aromatic rings. The van der Waals surface area contributed by atoms with Crippen LogP contribution in [0.25, 0.3) is 16.9 Å². The number of amides is 2. The summed E-state index contributed by atoms with van der Waals surface area (Å²) in [5.74, 6) is -0.497. The van der Waals surface area contributed by atoms with Gasteiger partial charge in [-0.25, -0.2) is 9.37 Å². The van der Waals surface area contributed by atoms with Gasteiger partial charge in [0.2, 0.25) is 11.9 Å².